The number of benzene rings is 1. The van der Waals surface area contributed by atoms with Gasteiger partial charge in [-0.25, -0.2) is 14.8 Å². The fourth-order valence-corrected chi connectivity index (χ4v) is 4.95. The Morgan fingerprint density at radius 2 is 1.82 bits per heavy atom. The van der Waals surface area contributed by atoms with Crippen LogP contribution in [-0.2, 0) is 14.3 Å². The lowest BCUT2D eigenvalue weighted by molar-refractivity contribution is -0.129. The number of ether oxygens (including phenoxy) is 1. The zero-order valence-electron chi connectivity index (χ0n) is 23.2. The molecule has 1 aliphatic heterocycles. The summed E-state index contributed by atoms with van der Waals surface area (Å²) in [6.07, 6.45) is 3.76. The summed E-state index contributed by atoms with van der Waals surface area (Å²) >= 11 is 6.09. The lowest BCUT2D eigenvalue weighted by Crippen LogP contribution is -2.64. The van der Waals surface area contributed by atoms with E-state index in [1.54, 1.807) is 32.9 Å². The molecule has 11 nitrogen and oxygen atoms in total. The van der Waals surface area contributed by atoms with Crippen molar-refractivity contribution in [3.63, 3.8) is 0 Å². The topological polar surface area (TPSA) is 141 Å². The first-order valence-corrected chi connectivity index (χ1v) is 13.7. The van der Waals surface area contributed by atoms with Gasteiger partial charge in [0.05, 0.1) is 11.4 Å². The molecule has 0 bridgehead atoms. The van der Waals surface area contributed by atoms with E-state index in [9.17, 15) is 14.4 Å². The zero-order chi connectivity index (χ0) is 28.9. The smallest absolute Gasteiger partial charge is 0.408 e. The molecule has 0 saturated carbocycles. The van der Waals surface area contributed by atoms with Gasteiger partial charge in [0.25, 0.3) is 0 Å². The van der Waals surface area contributed by atoms with Gasteiger partial charge in [0.15, 0.2) is 0 Å². The van der Waals surface area contributed by atoms with Crippen molar-refractivity contribution in [3.8, 4) is 0 Å². The van der Waals surface area contributed by atoms with Crippen molar-refractivity contribution >= 4 is 46.4 Å². The van der Waals surface area contributed by atoms with E-state index in [-0.39, 0.29) is 11.8 Å². The second-order valence-electron chi connectivity index (χ2n) is 11.0. The van der Waals surface area contributed by atoms with E-state index < -0.39 is 23.3 Å². The molecule has 0 radical (unpaired) electrons. The number of anilines is 1. The maximum absolute atomic E-state index is 14.0. The molecule has 40 heavy (non-hydrogen) atoms. The fraction of sp³-hybridized carbons (Fsp3) is 0.464. The van der Waals surface area contributed by atoms with Gasteiger partial charge in [0.2, 0.25) is 11.8 Å². The molecule has 1 atom stereocenters. The third-order valence-electron chi connectivity index (χ3n) is 6.81. The number of piperidine rings is 1. The molecule has 12 heteroatoms. The highest BCUT2D eigenvalue weighted by atomic mass is 35.5. The monoisotopic (exact) mass is 569 g/mol. The van der Waals surface area contributed by atoms with Crippen LogP contribution < -0.4 is 20.9 Å². The Kier molecular flexibility index (Phi) is 8.82. The Morgan fingerprint density at radius 1 is 1.12 bits per heavy atom. The average molecular weight is 570 g/mol. The summed E-state index contributed by atoms with van der Waals surface area (Å²) in [4.78, 5) is 52.4. The van der Waals surface area contributed by atoms with Gasteiger partial charge in [0, 0.05) is 37.8 Å². The Labute approximate surface area is 238 Å². The summed E-state index contributed by atoms with van der Waals surface area (Å²) in [5.74, 6) is 0.292. The van der Waals surface area contributed by atoms with E-state index in [4.69, 9.17) is 16.3 Å². The molecule has 0 spiro atoms. The minimum Gasteiger partial charge on any atom is -0.444 e. The van der Waals surface area contributed by atoms with Crippen molar-refractivity contribution < 1.29 is 19.1 Å². The molecule has 4 rings (SSSR count). The number of hydrogen-bond acceptors (Lipinski definition) is 7. The van der Waals surface area contributed by atoms with Crippen LogP contribution in [0.1, 0.15) is 58.6 Å². The van der Waals surface area contributed by atoms with Crippen LogP contribution in [0.4, 0.5) is 10.6 Å². The van der Waals surface area contributed by atoms with E-state index in [0.717, 1.165) is 22.4 Å². The van der Waals surface area contributed by atoms with Crippen LogP contribution in [-0.4, -0.2) is 63.6 Å². The van der Waals surface area contributed by atoms with E-state index in [1.165, 1.54) is 13.3 Å². The van der Waals surface area contributed by atoms with Crippen molar-refractivity contribution in [3.05, 3.63) is 53.4 Å². The van der Waals surface area contributed by atoms with Crippen molar-refractivity contribution in [2.24, 2.45) is 0 Å². The first-order chi connectivity index (χ1) is 19.0. The van der Waals surface area contributed by atoms with Gasteiger partial charge in [-0.2, -0.15) is 0 Å². The normalized spacial score (nSPS) is 15.8. The van der Waals surface area contributed by atoms with Gasteiger partial charge in [-0.1, -0.05) is 23.7 Å². The van der Waals surface area contributed by atoms with Gasteiger partial charge in [-0.15, -0.1) is 0 Å². The number of H-pyrrole nitrogens is 1. The summed E-state index contributed by atoms with van der Waals surface area (Å²) in [7, 11) is 0. The van der Waals surface area contributed by atoms with Crippen LogP contribution in [0.5, 0.6) is 0 Å². The number of aromatic nitrogens is 3. The average Bonchev–Trinajstić information content (AvgIpc) is 3.37. The number of amides is 3. The maximum atomic E-state index is 14.0. The molecular weight excluding hydrogens is 534 g/mol. The molecule has 3 heterocycles. The fourth-order valence-electron chi connectivity index (χ4n) is 4.82. The van der Waals surface area contributed by atoms with Gasteiger partial charge in [-0.05, 0) is 63.8 Å². The molecule has 1 aliphatic rings. The summed E-state index contributed by atoms with van der Waals surface area (Å²) in [5, 5.41) is 10.3. The zero-order valence-corrected chi connectivity index (χ0v) is 24.0. The molecule has 4 N–H and O–H groups in total. The summed E-state index contributed by atoms with van der Waals surface area (Å²) in [6.45, 7) is 8.08. The number of alkyl carbamates (subject to hydrolysis) is 1. The summed E-state index contributed by atoms with van der Waals surface area (Å²) < 4.78 is 5.54. The van der Waals surface area contributed by atoms with Crippen molar-refractivity contribution in [1.29, 1.82) is 0 Å². The Morgan fingerprint density at radius 3 is 2.48 bits per heavy atom. The maximum Gasteiger partial charge on any atom is 0.408 e. The number of aromatic amines is 1. The van der Waals surface area contributed by atoms with Crippen molar-refractivity contribution in [1.82, 2.24) is 30.9 Å². The van der Waals surface area contributed by atoms with Gasteiger partial charge in [-0.3, -0.25) is 9.59 Å². The van der Waals surface area contributed by atoms with Crippen molar-refractivity contribution in [2.75, 3.05) is 24.5 Å². The number of hydrogen-bond donors (Lipinski definition) is 4. The molecule has 3 aromatic rings. The van der Waals surface area contributed by atoms with Gasteiger partial charge in [0.1, 0.15) is 28.9 Å². The van der Waals surface area contributed by atoms with Crippen LogP contribution in [0.2, 0.25) is 5.02 Å². The SMILES string of the molecule is CC(=O)NCCC(NC(=O)C1(NC(=O)OC(C)(C)C)CCN(c2ncnc3[nH]ccc23)CC1)c1ccc(Cl)cc1. The molecule has 1 fully saturated rings. The highest BCUT2D eigenvalue weighted by molar-refractivity contribution is 6.30. The highest BCUT2D eigenvalue weighted by Gasteiger charge is 2.45. The van der Waals surface area contributed by atoms with Gasteiger partial charge >= 0.3 is 6.09 Å². The highest BCUT2D eigenvalue weighted by Crippen LogP contribution is 2.31. The van der Waals surface area contributed by atoms with E-state index in [2.05, 4.69) is 35.8 Å². The predicted octanol–water partition coefficient (Wildman–Crippen LogP) is 3.86. The van der Waals surface area contributed by atoms with E-state index in [1.807, 2.05) is 24.4 Å². The van der Waals surface area contributed by atoms with Crippen molar-refractivity contribution in [2.45, 2.75) is 64.1 Å². The molecule has 1 saturated heterocycles. The Bertz CT molecular complexity index is 1340. The van der Waals surface area contributed by atoms with Crippen LogP contribution >= 0.6 is 11.6 Å². The quantitative estimate of drug-likeness (QED) is 0.323. The number of rotatable bonds is 8. The second-order valence-corrected chi connectivity index (χ2v) is 11.4. The summed E-state index contributed by atoms with van der Waals surface area (Å²) in [6, 6.07) is 8.69. The first kappa shape index (κ1) is 29.1. The first-order valence-electron chi connectivity index (χ1n) is 13.3. The second kappa shape index (κ2) is 12.1. The molecule has 1 aromatic carbocycles. The predicted molar refractivity (Wildman–Crippen MR) is 153 cm³/mol. The minimum absolute atomic E-state index is 0.155. The molecule has 2 aromatic heterocycles. The molecule has 3 amide bonds. The third-order valence-corrected chi connectivity index (χ3v) is 7.06. The molecule has 1 unspecified atom stereocenters. The van der Waals surface area contributed by atoms with Crippen LogP contribution in [0.25, 0.3) is 11.0 Å². The Balaban J connectivity index is 1.57. The standard InChI is InChI=1S/C28H36ClN7O4/c1-18(37)30-14-10-22(19-5-7-20(29)8-6-19)34-25(38)28(35-26(39)40-27(2,3)4)11-15-36(16-12-28)24-21-9-13-31-23(21)32-17-33-24/h5-9,13,17,22H,10-12,14-16H2,1-4H3,(H,30,37)(H,34,38)(H,35,39)(H,31,32,33). The van der Waals surface area contributed by atoms with E-state index >= 15 is 0 Å². The Hall–Kier alpha value is -3.86. The number of nitrogens with zero attached hydrogens (tertiary/aromatic N) is 3. The minimum atomic E-state index is -1.22. The summed E-state index contributed by atoms with van der Waals surface area (Å²) in [5.41, 5.74) is -0.379. The number of carbonyl (C=O) groups excluding carboxylic acids is 3. The number of halogens is 1. The lowest BCUT2D eigenvalue weighted by Gasteiger charge is -2.42. The molecular formula is C28H36ClN7O4. The number of nitrogens with one attached hydrogen (secondary N) is 4. The van der Waals surface area contributed by atoms with Crippen LogP contribution in [0.3, 0.4) is 0 Å². The molecule has 0 aliphatic carbocycles. The lowest BCUT2D eigenvalue weighted by atomic mass is 9.85. The van der Waals surface area contributed by atoms with Gasteiger partial charge < -0.3 is 30.6 Å². The third kappa shape index (κ3) is 7.20. The van der Waals surface area contributed by atoms with E-state index in [0.29, 0.717) is 43.9 Å². The van der Waals surface area contributed by atoms with Crippen LogP contribution in [0.15, 0.2) is 42.9 Å². The van der Waals surface area contributed by atoms with Crippen LogP contribution in [0, 0.1) is 0 Å². The molecule has 214 valence electrons. The number of carbonyl (C=O) groups is 3. The largest absolute Gasteiger partial charge is 0.444 e. The number of fused-ring (bicyclic) bond motifs is 1.